The normalized spacial score (nSPS) is 14.7. The van der Waals surface area contributed by atoms with E-state index in [-0.39, 0.29) is 11.7 Å². The third-order valence-electron chi connectivity index (χ3n) is 6.52. The molecule has 35 heavy (non-hydrogen) atoms. The van der Waals surface area contributed by atoms with Gasteiger partial charge in [-0.2, -0.15) is 5.26 Å². The quantitative estimate of drug-likeness (QED) is 0.386. The molecule has 4 aromatic rings. The summed E-state index contributed by atoms with van der Waals surface area (Å²) >= 11 is 1.32. The number of amides is 1. The summed E-state index contributed by atoms with van der Waals surface area (Å²) in [4.78, 5) is 17.5. The maximum atomic E-state index is 12.6. The van der Waals surface area contributed by atoms with Gasteiger partial charge < -0.3 is 9.88 Å². The van der Waals surface area contributed by atoms with E-state index >= 15 is 0 Å². The second-order valence-electron chi connectivity index (χ2n) is 9.04. The second kappa shape index (κ2) is 9.51. The van der Waals surface area contributed by atoms with E-state index in [0.29, 0.717) is 23.8 Å². The first kappa shape index (κ1) is 23.1. The summed E-state index contributed by atoms with van der Waals surface area (Å²) in [6, 6.07) is 20.7. The van der Waals surface area contributed by atoms with Crippen molar-refractivity contribution in [3.05, 3.63) is 60.2 Å². The van der Waals surface area contributed by atoms with Crippen LogP contribution in [0.1, 0.15) is 31.2 Å². The highest BCUT2D eigenvalue weighted by Crippen LogP contribution is 2.33. The van der Waals surface area contributed by atoms with E-state index in [2.05, 4.69) is 58.8 Å². The molecule has 2 aromatic carbocycles. The molecule has 0 bridgehead atoms. The number of aryl methyl sites for hydroxylation is 1. The number of hydrogen-bond acceptors (Lipinski definition) is 6. The second-order valence-corrected chi connectivity index (χ2v) is 9.98. The van der Waals surface area contributed by atoms with Crippen molar-refractivity contribution in [2.75, 3.05) is 5.75 Å². The fraction of sp³-hybridized carbons (Fsp3) is 0.296. The van der Waals surface area contributed by atoms with Crippen molar-refractivity contribution in [3.63, 3.8) is 0 Å². The predicted octanol–water partition coefficient (Wildman–Crippen LogP) is 5.05. The smallest absolute Gasteiger partial charge is 0.231 e. The third kappa shape index (κ3) is 4.64. The van der Waals surface area contributed by atoms with Gasteiger partial charge in [-0.3, -0.25) is 4.79 Å². The summed E-state index contributed by atoms with van der Waals surface area (Å²) < 4.78 is 1.91. The Morgan fingerprint density at radius 3 is 2.63 bits per heavy atom. The van der Waals surface area contributed by atoms with Crippen LogP contribution >= 0.6 is 11.8 Å². The fourth-order valence-electron chi connectivity index (χ4n) is 4.58. The summed E-state index contributed by atoms with van der Waals surface area (Å²) in [6.45, 7) is 2.07. The van der Waals surface area contributed by atoms with Crippen molar-refractivity contribution in [2.24, 2.45) is 7.05 Å². The molecule has 0 saturated heterocycles. The van der Waals surface area contributed by atoms with Gasteiger partial charge in [0.2, 0.25) is 5.91 Å². The molecule has 176 valence electrons. The Labute approximate surface area is 208 Å². The van der Waals surface area contributed by atoms with E-state index in [1.807, 2.05) is 35.9 Å². The molecule has 2 aromatic heterocycles. The van der Waals surface area contributed by atoms with Crippen molar-refractivity contribution in [1.29, 1.82) is 5.26 Å². The van der Waals surface area contributed by atoms with E-state index < -0.39 is 5.54 Å². The summed E-state index contributed by atoms with van der Waals surface area (Å²) in [5.74, 6) is 0.740. The number of nitrogens with zero attached hydrogens (tertiary/aromatic N) is 5. The van der Waals surface area contributed by atoms with Gasteiger partial charge in [0.05, 0.1) is 23.0 Å². The Morgan fingerprint density at radius 1 is 1.14 bits per heavy atom. The maximum absolute atomic E-state index is 12.6. The number of fused-ring (bicyclic) bond motifs is 1. The van der Waals surface area contributed by atoms with Gasteiger partial charge in [0.25, 0.3) is 0 Å². The van der Waals surface area contributed by atoms with E-state index in [1.54, 1.807) is 0 Å². The standard InChI is InChI=1S/C27H26N6OS/c1-18-9-11-19(12-10-18)23-15-21(20-7-3-4-8-22(20)29-23)25-31-32-26(33(25)2)35-16-24(34)30-27(17-28)13-5-6-14-27/h3-4,7-12,15H,5-6,13-14,16H2,1-2H3,(H,30,34). The number of nitriles is 1. The molecule has 0 radical (unpaired) electrons. The van der Waals surface area contributed by atoms with Gasteiger partial charge in [-0.05, 0) is 44.7 Å². The molecule has 1 fully saturated rings. The van der Waals surface area contributed by atoms with Crippen LogP contribution in [0.15, 0.2) is 59.8 Å². The van der Waals surface area contributed by atoms with E-state index in [1.165, 1.54) is 17.3 Å². The van der Waals surface area contributed by atoms with Crippen LogP contribution in [0, 0.1) is 18.3 Å². The van der Waals surface area contributed by atoms with Crippen LogP contribution < -0.4 is 5.32 Å². The highest BCUT2D eigenvalue weighted by atomic mass is 32.2. The Kier molecular flexibility index (Phi) is 6.27. The van der Waals surface area contributed by atoms with Crippen LogP contribution in [0.25, 0.3) is 33.5 Å². The zero-order valence-electron chi connectivity index (χ0n) is 19.8. The van der Waals surface area contributed by atoms with Crippen LogP contribution in [-0.2, 0) is 11.8 Å². The average Bonchev–Trinajstić information content (AvgIpc) is 3.49. The van der Waals surface area contributed by atoms with E-state index in [9.17, 15) is 10.1 Å². The molecule has 0 atom stereocenters. The van der Waals surface area contributed by atoms with Crippen LogP contribution in [-0.4, -0.2) is 36.9 Å². The molecule has 1 aliphatic carbocycles. The Morgan fingerprint density at radius 2 is 1.89 bits per heavy atom. The number of nitrogens with one attached hydrogen (secondary N) is 1. The first-order chi connectivity index (χ1) is 17.0. The third-order valence-corrected chi connectivity index (χ3v) is 7.54. The van der Waals surface area contributed by atoms with Crippen LogP contribution in [0.3, 0.4) is 0 Å². The van der Waals surface area contributed by atoms with Crippen molar-refractivity contribution in [1.82, 2.24) is 25.1 Å². The van der Waals surface area contributed by atoms with Crippen molar-refractivity contribution in [2.45, 2.75) is 43.3 Å². The molecule has 8 heteroatoms. The molecule has 0 aliphatic heterocycles. The molecule has 5 rings (SSSR count). The van der Waals surface area contributed by atoms with Crippen molar-refractivity contribution in [3.8, 4) is 28.7 Å². The molecular weight excluding hydrogens is 456 g/mol. The zero-order valence-corrected chi connectivity index (χ0v) is 20.6. The number of pyridine rings is 1. The molecule has 1 saturated carbocycles. The van der Waals surface area contributed by atoms with Gasteiger partial charge in [-0.15, -0.1) is 10.2 Å². The molecular formula is C27H26N6OS. The van der Waals surface area contributed by atoms with Gasteiger partial charge in [0, 0.05) is 23.6 Å². The number of carbonyl (C=O) groups is 1. The molecule has 7 nitrogen and oxygen atoms in total. The average molecular weight is 483 g/mol. The number of thioether (sulfide) groups is 1. The first-order valence-electron chi connectivity index (χ1n) is 11.7. The minimum atomic E-state index is -0.717. The molecule has 2 heterocycles. The number of benzene rings is 2. The van der Waals surface area contributed by atoms with Gasteiger partial charge >= 0.3 is 0 Å². The molecule has 1 aliphatic rings. The Bertz CT molecular complexity index is 1430. The van der Waals surface area contributed by atoms with Gasteiger partial charge in [0.15, 0.2) is 11.0 Å². The number of para-hydroxylation sites is 1. The van der Waals surface area contributed by atoms with Crippen LogP contribution in [0.5, 0.6) is 0 Å². The minimum absolute atomic E-state index is 0.154. The molecule has 0 spiro atoms. The van der Waals surface area contributed by atoms with Crippen LogP contribution in [0.4, 0.5) is 0 Å². The van der Waals surface area contributed by atoms with Crippen LogP contribution in [0.2, 0.25) is 0 Å². The summed E-state index contributed by atoms with van der Waals surface area (Å²) in [5.41, 5.74) is 4.21. The molecule has 1 N–H and O–H groups in total. The maximum Gasteiger partial charge on any atom is 0.231 e. The topological polar surface area (TPSA) is 96.5 Å². The van der Waals surface area contributed by atoms with Gasteiger partial charge in [-0.1, -0.05) is 59.8 Å². The number of carbonyl (C=O) groups excluding carboxylic acids is 1. The van der Waals surface area contributed by atoms with E-state index in [4.69, 9.17) is 4.98 Å². The zero-order chi connectivity index (χ0) is 24.4. The largest absolute Gasteiger partial charge is 0.337 e. The number of hydrogen-bond donors (Lipinski definition) is 1. The molecule has 0 unspecified atom stereocenters. The highest BCUT2D eigenvalue weighted by Gasteiger charge is 2.35. The van der Waals surface area contributed by atoms with E-state index in [0.717, 1.165) is 40.6 Å². The minimum Gasteiger partial charge on any atom is -0.337 e. The predicted molar refractivity (Wildman–Crippen MR) is 138 cm³/mol. The number of rotatable bonds is 6. The summed E-state index contributed by atoms with van der Waals surface area (Å²) in [5, 5.41) is 22.9. The number of aromatic nitrogens is 4. The van der Waals surface area contributed by atoms with Gasteiger partial charge in [-0.25, -0.2) is 4.98 Å². The monoisotopic (exact) mass is 482 g/mol. The fourth-order valence-corrected chi connectivity index (χ4v) is 5.30. The highest BCUT2D eigenvalue weighted by molar-refractivity contribution is 7.99. The SMILES string of the molecule is Cc1ccc(-c2cc(-c3nnc(SCC(=O)NC4(C#N)CCCC4)n3C)c3ccccc3n2)cc1. The summed E-state index contributed by atoms with van der Waals surface area (Å²) in [6.07, 6.45) is 3.37. The summed E-state index contributed by atoms with van der Waals surface area (Å²) in [7, 11) is 1.91. The van der Waals surface area contributed by atoms with Crippen molar-refractivity contribution < 1.29 is 4.79 Å². The Balaban J connectivity index is 1.43. The lowest BCUT2D eigenvalue weighted by Crippen LogP contribution is -2.45. The lowest BCUT2D eigenvalue weighted by atomic mass is 10.0. The lowest BCUT2D eigenvalue weighted by Gasteiger charge is -2.21. The van der Waals surface area contributed by atoms with Crippen molar-refractivity contribution >= 4 is 28.6 Å². The lowest BCUT2D eigenvalue weighted by molar-refractivity contribution is -0.119. The Hall–Kier alpha value is -3.70. The first-order valence-corrected chi connectivity index (χ1v) is 12.7. The molecule has 1 amide bonds. The van der Waals surface area contributed by atoms with Gasteiger partial charge in [0.1, 0.15) is 5.54 Å².